The first-order valence-electron chi connectivity index (χ1n) is 14.3. The molecule has 2 N–H and O–H groups in total. The number of anilines is 3. The summed E-state index contributed by atoms with van der Waals surface area (Å²) >= 11 is 1.01. The Morgan fingerprint density at radius 1 is 1.16 bits per heavy atom. The van der Waals surface area contributed by atoms with Crippen molar-refractivity contribution in [2.24, 2.45) is 0 Å². The van der Waals surface area contributed by atoms with Crippen LogP contribution in [0.1, 0.15) is 16.9 Å². The van der Waals surface area contributed by atoms with Gasteiger partial charge in [-0.3, -0.25) is 0 Å². The van der Waals surface area contributed by atoms with Gasteiger partial charge in [0, 0.05) is 31.8 Å². The average molecular weight is 652 g/mol. The van der Waals surface area contributed by atoms with Gasteiger partial charge in [0.05, 0.1) is 65.4 Å². The van der Waals surface area contributed by atoms with Gasteiger partial charge in [-0.25, -0.2) is 13.2 Å². The summed E-state index contributed by atoms with van der Waals surface area (Å²) in [6.45, 7) is 1.54. The van der Waals surface area contributed by atoms with Crippen LogP contribution in [-0.4, -0.2) is 82.6 Å². The smallest absolute Gasteiger partial charge is 0.393 e. The van der Waals surface area contributed by atoms with Crippen molar-refractivity contribution in [2.75, 3.05) is 75.1 Å². The Hall–Kier alpha value is -3.85. The quantitative estimate of drug-likeness (QED) is 0.225. The fraction of sp³-hybridized carbons (Fsp3) is 0.452. The van der Waals surface area contributed by atoms with Crippen LogP contribution in [-0.2, 0) is 11.2 Å². The van der Waals surface area contributed by atoms with E-state index < -0.39 is 36.9 Å². The summed E-state index contributed by atoms with van der Waals surface area (Å²) in [5, 5.41) is 15.1. The first-order valence-corrected chi connectivity index (χ1v) is 15.1. The van der Waals surface area contributed by atoms with Gasteiger partial charge in [-0.15, -0.1) is 11.3 Å². The van der Waals surface area contributed by atoms with Crippen LogP contribution < -0.4 is 20.3 Å². The molecule has 0 aliphatic carbocycles. The molecule has 5 rings (SSSR count). The maximum Gasteiger partial charge on any atom is 0.393 e. The molecule has 2 saturated heterocycles. The van der Waals surface area contributed by atoms with Crippen molar-refractivity contribution in [3.8, 4) is 23.7 Å². The highest BCUT2D eigenvalue weighted by Gasteiger charge is 2.44. The molecule has 0 bridgehead atoms. The lowest BCUT2D eigenvalue weighted by Crippen LogP contribution is -2.53. The molecule has 2 aromatic carbocycles. The number of ether oxygens (including phenoxy) is 2. The second-order valence-electron chi connectivity index (χ2n) is 10.9. The summed E-state index contributed by atoms with van der Waals surface area (Å²) in [4.78, 5) is 3.50. The third-order valence-corrected chi connectivity index (χ3v) is 8.77. The normalized spacial score (nSPS) is 18.6. The van der Waals surface area contributed by atoms with Crippen LogP contribution in [0.15, 0.2) is 30.3 Å². The van der Waals surface area contributed by atoms with Gasteiger partial charge in [-0.2, -0.15) is 18.4 Å². The van der Waals surface area contributed by atoms with Gasteiger partial charge in [0.25, 0.3) is 5.92 Å². The fourth-order valence-corrected chi connectivity index (χ4v) is 6.63. The zero-order valence-corrected chi connectivity index (χ0v) is 25.2. The van der Waals surface area contributed by atoms with Crippen LogP contribution >= 0.6 is 11.3 Å². The van der Waals surface area contributed by atoms with Crippen molar-refractivity contribution in [1.82, 2.24) is 4.90 Å². The van der Waals surface area contributed by atoms with Crippen molar-refractivity contribution in [2.45, 2.75) is 31.0 Å². The third kappa shape index (κ3) is 7.87. The van der Waals surface area contributed by atoms with Gasteiger partial charge in [-0.1, -0.05) is 24.0 Å². The molecule has 2 aliphatic rings. The van der Waals surface area contributed by atoms with E-state index in [1.165, 1.54) is 18.2 Å². The zero-order valence-electron chi connectivity index (χ0n) is 24.4. The number of morpholine rings is 1. The van der Waals surface area contributed by atoms with Crippen molar-refractivity contribution < 1.29 is 35.8 Å². The summed E-state index contributed by atoms with van der Waals surface area (Å²) in [7, 11) is 1.62. The predicted octanol–water partition coefficient (Wildman–Crippen LogP) is 6.10. The number of nitriles is 1. The number of fused-ring (bicyclic) bond motifs is 1. The molecule has 0 radical (unpaired) electrons. The van der Waals surface area contributed by atoms with Crippen molar-refractivity contribution in [1.29, 1.82) is 5.26 Å². The monoisotopic (exact) mass is 651 g/mol. The molecule has 2 aliphatic heterocycles. The molecule has 240 valence electrons. The van der Waals surface area contributed by atoms with Crippen LogP contribution in [0.2, 0.25) is 0 Å². The van der Waals surface area contributed by atoms with E-state index in [1.807, 2.05) is 11.0 Å². The molecule has 0 spiro atoms. The Morgan fingerprint density at radius 3 is 2.64 bits per heavy atom. The third-order valence-electron chi connectivity index (χ3n) is 7.58. The van der Waals surface area contributed by atoms with Crippen LogP contribution in [0, 0.1) is 29.0 Å². The van der Waals surface area contributed by atoms with Crippen molar-refractivity contribution in [3.05, 3.63) is 46.6 Å². The maximum absolute atomic E-state index is 15.1. The van der Waals surface area contributed by atoms with Crippen LogP contribution in [0.5, 0.6) is 5.75 Å². The maximum atomic E-state index is 15.1. The molecule has 14 heteroatoms. The molecule has 0 saturated carbocycles. The largest absolute Gasteiger partial charge is 0.477 e. The minimum atomic E-state index is -4.53. The Balaban J connectivity index is 1.41. The second kappa shape index (κ2) is 13.6. The number of halogens is 6. The fourth-order valence-electron chi connectivity index (χ4n) is 5.46. The Labute approximate surface area is 260 Å². The SMILES string of the molecule is CN1CCC(Nc2cccc3c(CC(F)(F)F)c(C#CCNc4cc(F)c(N5CCOCC5)cc4OCC#N)sc23)C(F)(F)C1. The van der Waals surface area contributed by atoms with E-state index in [9.17, 15) is 22.0 Å². The molecule has 3 aromatic rings. The first-order chi connectivity index (χ1) is 21.4. The molecule has 1 unspecified atom stereocenters. The highest BCUT2D eigenvalue weighted by molar-refractivity contribution is 7.20. The minimum absolute atomic E-state index is 0.0345. The summed E-state index contributed by atoms with van der Waals surface area (Å²) in [5.74, 6) is 2.28. The number of hydrogen-bond acceptors (Lipinski definition) is 8. The topological polar surface area (TPSA) is 72.8 Å². The number of hydrogen-bond donors (Lipinski definition) is 2. The lowest BCUT2D eigenvalue weighted by atomic mass is 10.0. The van der Waals surface area contributed by atoms with Crippen molar-refractivity contribution >= 4 is 38.5 Å². The van der Waals surface area contributed by atoms with Gasteiger partial charge < -0.3 is 29.9 Å². The lowest BCUT2D eigenvalue weighted by molar-refractivity contribution is -0.126. The van der Waals surface area contributed by atoms with E-state index >= 15 is 4.39 Å². The van der Waals surface area contributed by atoms with Crippen LogP contribution in [0.4, 0.5) is 43.4 Å². The average Bonchev–Trinajstić information content (AvgIpc) is 3.32. The van der Waals surface area contributed by atoms with Gasteiger partial charge in [0.1, 0.15) is 17.6 Å². The van der Waals surface area contributed by atoms with Crippen molar-refractivity contribution in [3.63, 3.8) is 0 Å². The summed E-state index contributed by atoms with van der Waals surface area (Å²) in [6.07, 6.45) is -5.59. The first kappa shape index (κ1) is 32.5. The van der Waals surface area contributed by atoms with E-state index in [1.54, 1.807) is 24.1 Å². The number of nitrogens with one attached hydrogen (secondary N) is 2. The molecule has 0 amide bonds. The van der Waals surface area contributed by atoms with E-state index in [0.29, 0.717) is 54.3 Å². The van der Waals surface area contributed by atoms with Crippen LogP contribution in [0.25, 0.3) is 10.1 Å². The number of piperidine rings is 1. The molecule has 2 fully saturated rings. The molecule has 7 nitrogen and oxygen atoms in total. The highest BCUT2D eigenvalue weighted by atomic mass is 32.1. The van der Waals surface area contributed by atoms with Gasteiger partial charge >= 0.3 is 6.18 Å². The van der Waals surface area contributed by atoms with E-state index in [0.717, 1.165) is 11.3 Å². The number of benzene rings is 2. The number of nitrogens with zero attached hydrogens (tertiary/aromatic N) is 3. The molecule has 1 aromatic heterocycles. The van der Waals surface area contributed by atoms with E-state index in [-0.39, 0.29) is 41.4 Å². The number of thiophene rings is 1. The number of alkyl halides is 5. The van der Waals surface area contributed by atoms with E-state index in [4.69, 9.17) is 14.7 Å². The van der Waals surface area contributed by atoms with Gasteiger partial charge in [0.15, 0.2) is 6.61 Å². The predicted molar refractivity (Wildman–Crippen MR) is 162 cm³/mol. The van der Waals surface area contributed by atoms with Gasteiger partial charge in [0.2, 0.25) is 0 Å². The molecular formula is C31H31F6N5O2S. The molecule has 1 atom stereocenters. The molecule has 45 heavy (non-hydrogen) atoms. The molecular weight excluding hydrogens is 620 g/mol. The Morgan fingerprint density at radius 2 is 1.93 bits per heavy atom. The van der Waals surface area contributed by atoms with E-state index in [2.05, 4.69) is 22.5 Å². The van der Waals surface area contributed by atoms with Gasteiger partial charge in [-0.05, 0) is 30.5 Å². The highest BCUT2D eigenvalue weighted by Crippen LogP contribution is 2.40. The Kier molecular flexibility index (Phi) is 9.87. The minimum Gasteiger partial charge on any atom is -0.477 e. The number of likely N-dealkylation sites (tertiary alicyclic amines) is 1. The summed E-state index contributed by atoms with van der Waals surface area (Å²) in [6, 6.07) is 8.08. The number of rotatable bonds is 8. The summed E-state index contributed by atoms with van der Waals surface area (Å²) in [5.41, 5.74) is 0.822. The standard InChI is InChI=1S/C31H31F6N5O2S/c1-41-10-7-28(30(33,34)19-41)40-23-5-2-4-20-21(18-31(35,36)37)27(45-29(20)23)6-3-9-39-24-16-22(32)25(17-26(24)44-13-8-38)42-11-14-43-15-12-42/h2,4-5,16-17,28,39-40H,7,9-15,18-19H2,1H3. The molecule has 3 heterocycles. The second-order valence-corrected chi connectivity index (χ2v) is 11.9. The Bertz CT molecular complexity index is 1620. The lowest BCUT2D eigenvalue weighted by Gasteiger charge is -2.37. The van der Waals surface area contributed by atoms with Crippen LogP contribution in [0.3, 0.4) is 0 Å². The summed E-state index contributed by atoms with van der Waals surface area (Å²) < 4.78 is 96.8. The zero-order chi connectivity index (χ0) is 32.2.